The van der Waals surface area contributed by atoms with Crippen molar-refractivity contribution in [1.29, 1.82) is 0 Å². The van der Waals surface area contributed by atoms with Crippen molar-refractivity contribution in [2.45, 2.75) is 0 Å². The van der Waals surface area contributed by atoms with Gasteiger partial charge in [0, 0.05) is 10.7 Å². The number of fused-ring (bicyclic) bond motifs is 1. The molecule has 0 bridgehead atoms. The maximum atomic E-state index is 11.0. The molecule has 0 spiro atoms. The first-order valence-corrected chi connectivity index (χ1v) is 4.61. The molecular weight excluding hydrogens is 248 g/mol. The second-order valence-corrected chi connectivity index (χ2v) is 3.74. The fourth-order valence-electron chi connectivity index (χ4n) is 1.24. The van der Waals surface area contributed by atoms with Crippen molar-refractivity contribution in [3.05, 3.63) is 28.5 Å². The van der Waals surface area contributed by atoms with E-state index in [4.69, 9.17) is 11.5 Å². The molecule has 6 heteroatoms. The molecule has 14 heavy (non-hydrogen) atoms. The van der Waals surface area contributed by atoms with Crippen molar-refractivity contribution in [1.82, 2.24) is 9.61 Å². The number of halogens is 1. The Hall–Kier alpha value is -1.56. The van der Waals surface area contributed by atoms with Gasteiger partial charge >= 0.3 is 0 Å². The molecule has 5 nitrogen and oxygen atoms in total. The van der Waals surface area contributed by atoms with Crippen LogP contribution in [-0.4, -0.2) is 15.5 Å². The van der Waals surface area contributed by atoms with Gasteiger partial charge in [-0.15, -0.1) is 0 Å². The molecule has 0 aliphatic heterocycles. The lowest BCUT2D eigenvalue weighted by molar-refractivity contribution is 0.100. The molecule has 0 saturated heterocycles. The number of aromatic nitrogens is 2. The average Bonchev–Trinajstić information content (AvgIpc) is 2.46. The first kappa shape index (κ1) is 9.01. The molecule has 0 aliphatic carbocycles. The number of nitrogens with two attached hydrogens (primary N) is 2. The van der Waals surface area contributed by atoms with Gasteiger partial charge in [-0.05, 0) is 22.0 Å². The highest BCUT2D eigenvalue weighted by atomic mass is 79.9. The van der Waals surface area contributed by atoms with E-state index in [1.165, 1.54) is 6.20 Å². The average molecular weight is 255 g/mol. The van der Waals surface area contributed by atoms with Crippen LogP contribution in [0.5, 0.6) is 0 Å². The van der Waals surface area contributed by atoms with Crippen molar-refractivity contribution in [3.63, 3.8) is 0 Å². The third-order valence-corrected chi connectivity index (χ3v) is 2.34. The Labute approximate surface area is 87.8 Å². The highest BCUT2D eigenvalue weighted by Gasteiger charge is 2.10. The molecular formula is C8H7BrN4O. The van der Waals surface area contributed by atoms with Gasteiger partial charge in [0.1, 0.15) is 0 Å². The van der Waals surface area contributed by atoms with E-state index in [1.807, 2.05) is 0 Å². The van der Waals surface area contributed by atoms with Gasteiger partial charge < -0.3 is 11.5 Å². The Kier molecular flexibility index (Phi) is 1.92. The number of anilines is 1. The van der Waals surface area contributed by atoms with Crippen LogP contribution in [0.2, 0.25) is 0 Å². The van der Waals surface area contributed by atoms with E-state index < -0.39 is 5.91 Å². The van der Waals surface area contributed by atoms with E-state index in [0.29, 0.717) is 11.2 Å². The zero-order valence-corrected chi connectivity index (χ0v) is 8.65. The van der Waals surface area contributed by atoms with Gasteiger partial charge in [-0.1, -0.05) is 0 Å². The molecule has 2 aromatic rings. The van der Waals surface area contributed by atoms with Gasteiger partial charge in [0.25, 0.3) is 5.91 Å². The summed E-state index contributed by atoms with van der Waals surface area (Å²) in [5, 5.41) is 3.99. The number of primary amides is 1. The van der Waals surface area contributed by atoms with Crippen LogP contribution >= 0.6 is 15.9 Å². The molecule has 0 radical (unpaired) electrons. The monoisotopic (exact) mass is 254 g/mol. The molecule has 2 heterocycles. The second kappa shape index (κ2) is 2.98. The number of carbonyl (C=O) groups excluding carboxylic acids is 1. The Balaban J connectivity index is 2.80. The summed E-state index contributed by atoms with van der Waals surface area (Å²) in [7, 11) is 0. The van der Waals surface area contributed by atoms with Crippen LogP contribution in [0.4, 0.5) is 5.69 Å². The smallest absolute Gasteiger partial charge is 0.252 e. The topological polar surface area (TPSA) is 86.4 Å². The first-order valence-electron chi connectivity index (χ1n) is 3.82. The van der Waals surface area contributed by atoms with Gasteiger partial charge in [0.2, 0.25) is 0 Å². The molecule has 0 aromatic carbocycles. The van der Waals surface area contributed by atoms with Crippen molar-refractivity contribution in [3.8, 4) is 0 Å². The summed E-state index contributed by atoms with van der Waals surface area (Å²) in [6, 6.07) is 1.77. The molecule has 2 rings (SSSR count). The Morgan fingerprint density at radius 3 is 2.93 bits per heavy atom. The van der Waals surface area contributed by atoms with Crippen LogP contribution in [0.25, 0.3) is 5.52 Å². The predicted octanol–water partition coefficient (Wildman–Crippen LogP) is 0.778. The summed E-state index contributed by atoms with van der Waals surface area (Å²) in [4.78, 5) is 11.0. The molecule has 0 saturated carbocycles. The van der Waals surface area contributed by atoms with Gasteiger partial charge in [-0.3, -0.25) is 4.79 Å². The lowest BCUT2D eigenvalue weighted by atomic mass is 10.2. The quantitative estimate of drug-likeness (QED) is 0.789. The SMILES string of the molecule is NC(=O)c1cnn2cc(Br)cc2c1N. The largest absolute Gasteiger partial charge is 0.396 e. The number of nitrogen functional groups attached to an aromatic ring is 1. The summed E-state index contributed by atoms with van der Waals surface area (Å²) in [6.07, 6.45) is 3.10. The first-order chi connectivity index (χ1) is 6.59. The molecule has 72 valence electrons. The number of hydrogen-bond acceptors (Lipinski definition) is 3. The lowest BCUT2D eigenvalue weighted by Crippen LogP contribution is -2.15. The maximum absolute atomic E-state index is 11.0. The minimum atomic E-state index is -0.574. The van der Waals surface area contributed by atoms with Crippen LogP contribution in [0.15, 0.2) is 22.9 Å². The number of carbonyl (C=O) groups is 1. The highest BCUT2D eigenvalue weighted by molar-refractivity contribution is 9.10. The molecule has 4 N–H and O–H groups in total. The minimum absolute atomic E-state index is 0.239. The van der Waals surface area contributed by atoms with Crippen LogP contribution in [0, 0.1) is 0 Å². The Morgan fingerprint density at radius 1 is 1.57 bits per heavy atom. The van der Waals surface area contributed by atoms with Crippen molar-refractivity contribution in [2.24, 2.45) is 5.73 Å². The molecule has 1 amide bonds. The van der Waals surface area contributed by atoms with E-state index in [-0.39, 0.29) is 5.56 Å². The zero-order valence-electron chi connectivity index (χ0n) is 7.07. The van der Waals surface area contributed by atoms with Crippen molar-refractivity contribution < 1.29 is 4.79 Å². The fourth-order valence-corrected chi connectivity index (χ4v) is 1.65. The summed E-state index contributed by atoms with van der Waals surface area (Å²) >= 11 is 3.29. The number of hydrogen-bond donors (Lipinski definition) is 2. The van der Waals surface area contributed by atoms with Crippen LogP contribution < -0.4 is 11.5 Å². The van der Waals surface area contributed by atoms with Crippen LogP contribution in [-0.2, 0) is 0 Å². The summed E-state index contributed by atoms with van der Waals surface area (Å²) in [6.45, 7) is 0. The summed E-state index contributed by atoms with van der Waals surface area (Å²) < 4.78 is 2.42. The molecule has 0 aliphatic rings. The zero-order chi connectivity index (χ0) is 10.3. The molecule has 2 aromatic heterocycles. The van der Waals surface area contributed by atoms with Crippen LogP contribution in [0.1, 0.15) is 10.4 Å². The van der Waals surface area contributed by atoms with E-state index in [9.17, 15) is 4.79 Å². The van der Waals surface area contributed by atoms with Crippen LogP contribution in [0.3, 0.4) is 0 Å². The predicted molar refractivity (Wildman–Crippen MR) is 55.8 cm³/mol. The highest BCUT2D eigenvalue weighted by Crippen LogP contribution is 2.22. The van der Waals surface area contributed by atoms with E-state index in [1.54, 1.807) is 16.8 Å². The third-order valence-electron chi connectivity index (χ3n) is 1.91. The Morgan fingerprint density at radius 2 is 2.29 bits per heavy atom. The van der Waals surface area contributed by atoms with Gasteiger partial charge in [0.05, 0.1) is 23.0 Å². The van der Waals surface area contributed by atoms with Crippen molar-refractivity contribution in [2.75, 3.05) is 5.73 Å². The third kappa shape index (κ3) is 1.24. The standard InChI is InChI=1S/C8H7BrN4O/c9-4-1-6-7(10)5(8(11)14)2-12-13(6)3-4/h1-3H,10H2,(H2,11,14). The van der Waals surface area contributed by atoms with Gasteiger partial charge in [-0.25, -0.2) is 4.52 Å². The van der Waals surface area contributed by atoms with Crippen molar-refractivity contribution >= 4 is 33.0 Å². The molecule has 0 fully saturated rings. The number of amides is 1. The minimum Gasteiger partial charge on any atom is -0.396 e. The van der Waals surface area contributed by atoms with E-state index in [2.05, 4.69) is 21.0 Å². The van der Waals surface area contributed by atoms with Gasteiger partial charge in [-0.2, -0.15) is 5.10 Å². The van der Waals surface area contributed by atoms with E-state index >= 15 is 0 Å². The van der Waals surface area contributed by atoms with Gasteiger partial charge in [0.15, 0.2) is 0 Å². The maximum Gasteiger partial charge on any atom is 0.252 e. The van der Waals surface area contributed by atoms with E-state index in [0.717, 1.165) is 4.47 Å². The Bertz CT molecular complexity index is 519. The summed E-state index contributed by atoms with van der Waals surface area (Å²) in [5.74, 6) is -0.574. The molecule has 0 atom stereocenters. The number of nitrogens with zero attached hydrogens (tertiary/aromatic N) is 2. The lowest BCUT2D eigenvalue weighted by Gasteiger charge is -2.02. The second-order valence-electron chi connectivity index (χ2n) is 2.82. The molecule has 0 unspecified atom stereocenters. The normalized spacial score (nSPS) is 10.6. The number of rotatable bonds is 1. The fraction of sp³-hybridized carbons (Fsp3) is 0. The summed E-state index contributed by atoms with van der Waals surface area (Å²) in [5.41, 5.74) is 12.1.